The Kier molecular flexibility index (Phi) is 12.3. The highest BCUT2D eigenvalue weighted by atomic mass is 32.2. The summed E-state index contributed by atoms with van der Waals surface area (Å²) in [6.45, 7) is 2.05. The summed E-state index contributed by atoms with van der Waals surface area (Å²) >= 11 is 0. The number of hydrogen-bond donors (Lipinski definition) is 3. The molecular weight excluding hydrogens is 637 g/mol. The average molecular weight is 681 g/mol. The quantitative estimate of drug-likeness (QED) is 0.0962. The van der Waals surface area contributed by atoms with Crippen molar-refractivity contribution in [3.8, 4) is 17.2 Å². The fraction of sp³-hybridized carbons (Fsp3) is 0.250. The molecule has 0 radical (unpaired) electrons. The van der Waals surface area contributed by atoms with Crippen molar-refractivity contribution < 1.29 is 27.7 Å². The van der Waals surface area contributed by atoms with Crippen LogP contribution < -0.4 is 24.2 Å². The third-order valence-electron chi connectivity index (χ3n) is 8.50. The largest absolute Gasteiger partial charge is 0.497 e. The minimum Gasteiger partial charge on any atom is -0.497 e. The second-order valence-corrected chi connectivity index (χ2v) is 13.8. The van der Waals surface area contributed by atoms with Crippen molar-refractivity contribution in [2.24, 2.45) is 0 Å². The minimum absolute atomic E-state index is 0.0927. The molecule has 5 aromatic carbocycles. The van der Waals surface area contributed by atoms with E-state index in [1.807, 2.05) is 72.8 Å². The highest BCUT2D eigenvalue weighted by molar-refractivity contribution is 7.92. The number of hydrogen-bond acceptors (Lipinski definition) is 7. The van der Waals surface area contributed by atoms with Crippen LogP contribution in [0.2, 0.25) is 0 Å². The van der Waals surface area contributed by atoms with Crippen molar-refractivity contribution in [1.82, 2.24) is 5.32 Å². The van der Waals surface area contributed by atoms with E-state index >= 15 is 0 Å². The van der Waals surface area contributed by atoms with E-state index in [1.165, 1.54) is 0 Å². The third kappa shape index (κ3) is 9.85. The van der Waals surface area contributed by atoms with Crippen LogP contribution in [0, 0.1) is 0 Å². The number of benzene rings is 5. The number of anilines is 1. The Morgan fingerprint density at radius 2 is 1.22 bits per heavy atom. The summed E-state index contributed by atoms with van der Waals surface area (Å²) in [5.74, 6) is 1.73. The van der Waals surface area contributed by atoms with Crippen LogP contribution in [0.3, 0.4) is 0 Å². The van der Waals surface area contributed by atoms with Crippen LogP contribution in [-0.2, 0) is 23.1 Å². The summed E-state index contributed by atoms with van der Waals surface area (Å²) < 4.78 is 44.8. The Labute approximate surface area is 289 Å². The van der Waals surface area contributed by atoms with Gasteiger partial charge in [-0.25, -0.2) is 8.42 Å². The third-order valence-corrected chi connectivity index (χ3v) is 9.79. The molecule has 2 atom stereocenters. The van der Waals surface area contributed by atoms with Gasteiger partial charge in [0.2, 0.25) is 10.0 Å². The molecule has 0 saturated heterocycles. The Bertz CT molecular complexity index is 1800. The summed E-state index contributed by atoms with van der Waals surface area (Å²) in [6, 6.07) is 41.0. The van der Waals surface area contributed by atoms with E-state index in [2.05, 4.69) is 46.4 Å². The Hall–Kier alpha value is -4.83. The van der Waals surface area contributed by atoms with Gasteiger partial charge in [0.15, 0.2) is 0 Å². The van der Waals surface area contributed by atoms with Gasteiger partial charge in [0.05, 0.1) is 31.8 Å². The number of rotatable bonds is 17. The van der Waals surface area contributed by atoms with Crippen molar-refractivity contribution in [2.45, 2.75) is 38.0 Å². The fourth-order valence-electron chi connectivity index (χ4n) is 5.77. The van der Waals surface area contributed by atoms with Crippen LogP contribution in [0.1, 0.15) is 46.8 Å². The normalized spacial score (nSPS) is 12.7. The molecule has 5 rings (SSSR count). The predicted molar refractivity (Wildman–Crippen MR) is 195 cm³/mol. The lowest BCUT2D eigenvalue weighted by Gasteiger charge is -2.31. The first-order valence-corrected chi connectivity index (χ1v) is 18.0. The summed E-state index contributed by atoms with van der Waals surface area (Å²) in [7, 11) is -0.308. The van der Waals surface area contributed by atoms with E-state index in [0.717, 1.165) is 33.8 Å². The Morgan fingerprint density at radius 3 is 1.76 bits per heavy atom. The number of ether oxygens (including phenoxy) is 3. The number of aliphatic hydroxyl groups excluding tert-OH is 1. The molecule has 0 aliphatic carbocycles. The van der Waals surface area contributed by atoms with E-state index in [1.54, 1.807) is 39.3 Å². The molecule has 0 aliphatic rings. The minimum atomic E-state index is -3.61. The first-order valence-electron chi connectivity index (χ1n) is 16.3. The van der Waals surface area contributed by atoms with Crippen molar-refractivity contribution in [1.29, 1.82) is 0 Å². The zero-order valence-corrected chi connectivity index (χ0v) is 28.9. The SMILES string of the molecule is CCS(=O)(=O)Nc1cc([C@@H](O)CNC(Cc2ccccc2)C(c2ccc(OC)cc2)c2ccc(OC)cc2)ccc1OCc1ccccc1. The summed E-state index contributed by atoms with van der Waals surface area (Å²) in [5, 5.41) is 15.2. The molecule has 0 heterocycles. The van der Waals surface area contributed by atoms with Gasteiger partial charge in [-0.2, -0.15) is 0 Å². The number of methoxy groups -OCH3 is 2. The summed E-state index contributed by atoms with van der Waals surface area (Å²) in [4.78, 5) is 0. The Balaban J connectivity index is 1.44. The molecule has 0 amide bonds. The van der Waals surface area contributed by atoms with Crippen LogP contribution in [0.25, 0.3) is 0 Å². The van der Waals surface area contributed by atoms with Crippen LogP contribution in [0.4, 0.5) is 5.69 Å². The topological polar surface area (TPSA) is 106 Å². The monoisotopic (exact) mass is 680 g/mol. The van der Waals surface area contributed by atoms with Crippen molar-refractivity contribution in [3.05, 3.63) is 155 Å². The maximum Gasteiger partial charge on any atom is 0.232 e. The second-order valence-electron chi connectivity index (χ2n) is 11.8. The Morgan fingerprint density at radius 1 is 0.694 bits per heavy atom. The molecule has 0 aromatic heterocycles. The first-order chi connectivity index (χ1) is 23.8. The van der Waals surface area contributed by atoms with Crippen LogP contribution >= 0.6 is 0 Å². The zero-order chi connectivity index (χ0) is 34.6. The molecule has 0 bridgehead atoms. The predicted octanol–water partition coefficient (Wildman–Crippen LogP) is 7.11. The molecule has 0 aliphatic heterocycles. The van der Waals surface area contributed by atoms with Gasteiger partial charge in [-0.15, -0.1) is 0 Å². The standard InChI is InChI=1S/C40H44N2O6S/c1-4-49(44,45)42-36-26-33(19-24-39(36)48-28-30-13-9-6-10-14-30)38(43)27-41-37(25-29-11-7-5-8-12-29)40(31-15-20-34(46-2)21-16-31)32-17-22-35(47-3)23-18-32/h5-24,26,37-38,40-43H,4,25,27-28H2,1-3H3/t37?,38-/m0/s1. The highest BCUT2D eigenvalue weighted by Gasteiger charge is 2.27. The van der Waals surface area contributed by atoms with Gasteiger partial charge in [-0.05, 0) is 77.6 Å². The molecule has 9 heteroatoms. The van der Waals surface area contributed by atoms with Crippen molar-refractivity contribution >= 4 is 15.7 Å². The summed E-state index contributed by atoms with van der Waals surface area (Å²) in [6.07, 6.45) is -0.261. The van der Waals surface area contributed by atoms with Crippen LogP contribution in [0.5, 0.6) is 17.2 Å². The maximum atomic E-state index is 12.6. The zero-order valence-electron chi connectivity index (χ0n) is 28.1. The van der Waals surface area contributed by atoms with E-state index in [0.29, 0.717) is 17.7 Å². The molecule has 0 saturated carbocycles. The average Bonchev–Trinajstić information content (AvgIpc) is 3.14. The maximum absolute atomic E-state index is 12.6. The lowest BCUT2D eigenvalue weighted by Crippen LogP contribution is -2.39. The molecule has 5 aromatic rings. The molecular formula is C40H44N2O6S. The molecule has 256 valence electrons. The van der Waals surface area contributed by atoms with Crippen molar-refractivity contribution in [2.75, 3.05) is 31.2 Å². The van der Waals surface area contributed by atoms with Crippen molar-refractivity contribution in [3.63, 3.8) is 0 Å². The molecule has 3 N–H and O–H groups in total. The van der Waals surface area contributed by atoms with Gasteiger partial charge in [-0.3, -0.25) is 4.72 Å². The van der Waals surface area contributed by atoms with E-state index < -0.39 is 16.1 Å². The highest BCUT2D eigenvalue weighted by Crippen LogP contribution is 2.34. The smallest absolute Gasteiger partial charge is 0.232 e. The molecule has 1 unspecified atom stereocenters. The van der Waals surface area contributed by atoms with Crippen LogP contribution in [-0.4, -0.2) is 46.1 Å². The van der Waals surface area contributed by atoms with E-state index in [9.17, 15) is 13.5 Å². The fourth-order valence-corrected chi connectivity index (χ4v) is 6.41. The molecule has 0 spiro atoms. The first kappa shape index (κ1) is 35.5. The molecule has 8 nitrogen and oxygen atoms in total. The van der Waals surface area contributed by atoms with Gasteiger partial charge in [-0.1, -0.05) is 91.0 Å². The lowest BCUT2D eigenvalue weighted by atomic mass is 9.82. The lowest BCUT2D eigenvalue weighted by molar-refractivity contribution is 0.168. The van der Waals surface area contributed by atoms with Gasteiger partial charge in [0.1, 0.15) is 23.9 Å². The second kappa shape index (κ2) is 17.0. The molecule has 0 fully saturated rings. The van der Waals surface area contributed by atoms with E-state index in [-0.39, 0.29) is 36.6 Å². The van der Waals surface area contributed by atoms with Gasteiger partial charge in [0.25, 0.3) is 0 Å². The summed E-state index contributed by atoms with van der Waals surface area (Å²) in [5.41, 5.74) is 5.11. The van der Waals surface area contributed by atoms with Gasteiger partial charge < -0.3 is 24.6 Å². The number of sulfonamides is 1. The van der Waals surface area contributed by atoms with Gasteiger partial charge in [0, 0.05) is 18.5 Å². The molecule has 49 heavy (non-hydrogen) atoms. The van der Waals surface area contributed by atoms with Crippen LogP contribution in [0.15, 0.2) is 127 Å². The van der Waals surface area contributed by atoms with Gasteiger partial charge >= 0.3 is 0 Å². The number of nitrogens with one attached hydrogen (secondary N) is 2. The number of aliphatic hydroxyl groups is 1. The van der Waals surface area contributed by atoms with E-state index in [4.69, 9.17) is 14.2 Å².